The van der Waals surface area contributed by atoms with Gasteiger partial charge in [0.15, 0.2) is 11.6 Å². The molecule has 2 saturated heterocycles. The fourth-order valence-corrected chi connectivity index (χ4v) is 5.97. The van der Waals surface area contributed by atoms with Crippen LogP contribution in [0, 0.1) is 11.6 Å². The number of benzene rings is 2. The molecule has 2 aliphatic rings. The van der Waals surface area contributed by atoms with Crippen LogP contribution >= 0.6 is 11.6 Å². The normalized spacial score (nSPS) is 25.9. The van der Waals surface area contributed by atoms with E-state index in [1.165, 1.54) is 12.1 Å². The van der Waals surface area contributed by atoms with Crippen LogP contribution in [-0.2, 0) is 40.7 Å². The van der Waals surface area contributed by atoms with Crippen molar-refractivity contribution in [3.63, 3.8) is 0 Å². The Morgan fingerprint density at radius 1 is 0.911 bits per heavy atom. The second-order valence-electron chi connectivity index (χ2n) is 11.5. The van der Waals surface area contributed by atoms with E-state index in [0.717, 1.165) is 38.5 Å². The number of ether oxygens (including phenoxy) is 6. The minimum absolute atomic E-state index is 0.0530. The third-order valence-electron chi connectivity index (χ3n) is 8.28. The van der Waals surface area contributed by atoms with Gasteiger partial charge in [0.1, 0.15) is 18.3 Å². The summed E-state index contributed by atoms with van der Waals surface area (Å²) in [7, 11) is 0. The van der Waals surface area contributed by atoms with E-state index in [0.29, 0.717) is 36.0 Å². The summed E-state index contributed by atoms with van der Waals surface area (Å²) in [4.78, 5) is 13.0. The summed E-state index contributed by atoms with van der Waals surface area (Å²) < 4.78 is 67.0. The number of carboxylic acids is 1. The average molecular weight is 655 g/mol. The summed E-state index contributed by atoms with van der Waals surface area (Å²) in [6.07, 6.45) is 2.02. The molecule has 0 aliphatic carbocycles. The Labute approximate surface area is 269 Å². The lowest BCUT2D eigenvalue weighted by Gasteiger charge is -2.49. The predicted molar refractivity (Wildman–Crippen MR) is 165 cm³/mol. The Morgan fingerprint density at radius 2 is 1.56 bits per heavy atom. The molecule has 0 saturated carbocycles. The molecule has 0 spiro atoms. The Bertz CT molecular complexity index is 1300. The zero-order valence-electron chi connectivity index (χ0n) is 26.5. The van der Waals surface area contributed by atoms with Crippen LogP contribution in [0.3, 0.4) is 0 Å². The van der Waals surface area contributed by atoms with Gasteiger partial charge in [-0.3, -0.25) is 0 Å². The number of rotatable bonds is 18. The highest BCUT2D eigenvalue weighted by atomic mass is 35.5. The van der Waals surface area contributed by atoms with Gasteiger partial charge in [-0.15, -0.1) is 0 Å². The Hall–Kier alpha value is -2.34. The number of fused-ring (bicyclic) bond motifs is 2. The number of carboxylic acid groups (broad SMARTS) is 1. The second kappa shape index (κ2) is 16.0. The van der Waals surface area contributed by atoms with Gasteiger partial charge in [0.05, 0.1) is 13.2 Å². The highest BCUT2D eigenvalue weighted by molar-refractivity contribution is 6.31. The van der Waals surface area contributed by atoms with Gasteiger partial charge < -0.3 is 33.5 Å². The summed E-state index contributed by atoms with van der Waals surface area (Å²) in [6.45, 7) is 8.70. The zero-order valence-corrected chi connectivity index (χ0v) is 27.3. The van der Waals surface area contributed by atoms with E-state index in [-0.39, 0.29) is 30.9 Å². The first-order valence-electron chi connectivity index (χ1n) is 16.0. The SMILES string of the molecule is CCCCO[C@@H]1[C@@H](OCCCC)[C@@]2(c3ccc(Cl)c(Cc4ccc(OCC)c(F)c4F)c3)OC[C@](C(=O)O)(O2)[C@H]1OCCCC. The Morgan fingerprint density at radius 3 is 2.18 bits per heavy atom. The highest BCUT2D eigenvalue weighted by Gasteiger charge is 2.72. The molecule has 2 bridgehead atoms. The molecule has 2 aromatic carbocycles. The largest absolute Gasteiger partial charge is 0.491 e. The first-order chi connectivity index (χ1) is 21.7. The third kappa shape index (κ3) is 7.31. The van der Waals surface area contributed by atoms with Crippen molar-refractivity contribution in [1.82, 2.24) is 0 Å². The molecule has 5 atom stereocenters. The molecule has 0 unspecified atom stereocenters. The van der Waals surface area contributed by atoms with Crippen LogP contribution in [-0.4, -0.2) is 68.0 Å². The number of unbranched alkanes of at least 4 members (excludes halogenated alkanes) is 3. The molecule has 45 heavy (non-hydrogen) atoms. The third-order valence-corrected chi connectivity index (χ3v) is 8.65. The summed E-state index contributed by atoms with van der Waals surface area (Å²) >= 11 is 6.59. The molecule has 2 aliphatic heterocycles. The van der Waals surface area contributed by atoms with E-state index in [1.54, 1.807) is 25.1 Å². The summed E-state index contributed by atoms with van der Waals surface area (Å²) in [5.74, 6) is -5.21. The van der Waals surface area contributed by atoms with Crippen LogP contribution in [0.5, 0.6) is 5.75 Å². The van der Waals surface area contributed by atoms with Crippen molar-refractivity contribution in [2.45, 2.75) is 102 Å². The van der Waals surface area contributed by atoms with Crippen molar-refractivity contribution in [1.29, 1.82) is 0 Å². The zero-order chi connectivity index (χ0) is 32.6. The van der Waals surface area contributed by atoms with Gasteiger partial charge >= 0.3 is 5.97 Å². The lowest BCUT2D eigenvalue weighted by Crippen LogP contribution is -2.69. The van der Waals surface area contributed by atoms with Crippen molar-refractivity contribution < 1.29 is 47.1 Å². The van der Waals surface area contributed by atoms with Crippen molar-refractivity contribution in [2.24, 2.45) is 0 Å². The fourth-order valence-electron chi connectivity index (χ4n) is 5.79. The van der Waals surface area contributed by atoms with Gasteiger partial charge in [0.25, 0.3) is 0 Å². The van der Waals surface area contributed by atoms with E-state index in [4.69, 9.17) is 40.0 Å². The van der Waals surface area contributed by atoms with Crippen LogP contribution in [0.15, 0.2) is 30.3 Å². The maximum absolute atomic E-state index is 15.1. The van der Waals surface area contributed by atoms with Crippen molar-refractivity contribution >= 4 is 17.6 Å². The van der Waals surface area contributed by atoms with E-state index >= 15 is 4.39 Å². The van der Waals surface area contributed by atoms with Crippen LogP contribution in [0.1, 0.15) is 82.9 Å². The first-order valence-corrected chi connectivity index (χ1v) is 16.4. The van der Waals surface area contributed by atoms with E-state index in [2.05, 4.69) is 0 Å². The van der Waals surface area contributed by atoms with Gasteiger partial charge in [-0.25, -0.2) is 9.18 Å². The quantitative estimate of drug-likeness (QED) is 0.169. The summed E-state index contributed by atoms with van der Waals surface area (Å²) in [6, 6.07) is 7.79. The number of hydrogen-bond donors (Lipinski definition) is 1. The van der Waals surface area contributed by atoms with Gasteiger partial charge in [0.2, 0.25) is 17.2 Å². The molecule has 0 radical (unpaired) electrons. The topological polar surface area (TPSA) is 92.7 Å². The Kier molecular flexibility index (Phi) is 12.6. The number of hydrogen-bond acceptors (Lipinski definition) is 7. The smallest absolute Gasteiger partial charge is 0.341 e. The van der Waals surface area contributed by atoms with E-state index in [1.807, 2.05) is 20.8 Å². The monoisotopic (exact) mass is 654 g/mol. The lowest BCUT2D eigenvalue weighted by molar-refractivity contribution is -0.341. The average Bonchev–Trinajstić information content (AvgIpc) is 3.40. The molecular formula is C34H45ClF2O8. The standard InChI is InChI=1S/C34H45ClF2O8/c1-5-9-16-41-29-30(42-17-10-6-2)33(32(38)39)21-44-34(45-33,31(29)43-18-11-7-3)24-13-14-25(35)23(20-24)19-22-12-15-26(40-8-4)28(37)27(22)36/h12-15,20,29-31H,5-11,16-19,21H2,1-4H3,(H,38,39)/t29-,30-,31+,33-,34-/m0/s1. The van der Waals surface area contributed by atoms with E-state index < -0.39 is 47.3 Å². The minimum atomic E-state index is -1.88. The molecule has 1 N–H and O–H groups in total. The Balaban J connectivity index is 1.80. The number of halogens is 3. The van der Waals surface area contributed by atoms with Crippen LogP contribution in [0.25, 0.3) is 0 Å². The maximum Gasteiger partial charge on any atom is 0.341 e. The molecule has 8 nitrogen and oxygen atoms in total. The van der Waals surface area contributed by atoms with Crippen LogP contribution < -0.4 is 4.74 Å². The maximum atomic E-state index is 15.1. The minimum Gasteiger partial charge on any atom is -0.491 e. The lowest BCUT2D eigenvalue weighted by atomic mass is 9.82. The van der Waals surface area contributed by atoms with Crippen molar-refractivity contribution in [3.05, 3.63) is 63.7 Å². The fraction of sp³-hybridized carbons (Fsp3) is 0.618. The molecule has 2 heterocycles. The first kappa shape index (κ1) is 35.5. The molecular weight excluding hydrogens is 610 g/mol. The number of carbonyl (C=O) groups is 1. The molecule has 0 amide bonds. The molecule has 2 aromatic rings. The predicted octanol–water partition coefficient (Wildman–Crippen LogP) is 7.20. The van der Waals surface area contributed by atoms with Gasteiger partial charge in [0, 0.05) is 36.8 Å². The van der Waals surface area contributed by atoms with Crippen molar-refractivity contribution in [2.75, 3.05) is 33.0 Å². The molecule has 2 fully saturated rings. The molecule has 4 rings (SSSR count). The number of aliphatic carboxylic acids is 1. The highest BCUT2D eigenvalue weighted by Crippen LogP contribution is 2.53. The summed E-state index contributed by atoms with van der Waals surface area (Å²) in [5, 5.41) is 10.9. The van der Waals surface area contributed by atoms with Crippen LogP contribution in [0.4, 0.5) is 8.78 Å². The van der Waals surface area contributed by atoms with Crippen molar-refractivity contribution in [3.8, 4) is 5.75 Å². The van der Waals surface area contributed by atoms with Gasteiger partial charge in [-0.05, 0) is 55.5 Å². The molecule has 0 aromatic heterocycles. The van der Waals surface area contributed by atoms with Gasteiger partial charge in [-0.1, -0.05) is 63.8 Å². The van der Waals surface area contributed by atoms with Gasteiger partial charge in [-0.2, -0.15) is 4.39 Å². The second-order valence-corrected chi connectivity index (χ2v) is 11.9. The van der Waals surface area contributed by atoms with E-state index in [9.17, 15) is 14.3 Å². The molecule has 11 heteroatoms. The summed E-state index contributed by atoms with van der Waals surface area (Å²) in [5.41, 5.74) is -0.915. The molecule has 250 valence electrons. The van der Waals surface area contributed by atoms with Crippen LogP contribution in [0.2, 0.25) is 5.02 Å².